The van der Waals surface area contributed by atoms with Crippen LogP contribution >= 0.6 is 0 Å². The number of hydrogen-bond acceptors (Lipinski definition) is 2. The Labute approximate surface area is 76.5 Å². The number of guanidine groups is 1. The SMILES string of the molecule is Cc1cccc(N=C(N)N)c1C#N. The van der Waals surface area contributed by atoms with Crippen molar-refractivity contribution >= 4 is 11.6 Å². The summed E-state index contributed by atoms with van der Waals surface area (Å²) in [7, 11) is 0. The maximum absolute atomic E-state index is 8.81. The number of nitriles is 1. The second-order valence-corrected chi connectivity index (χ2v) is 2.62. The van der Waals surface area contributed by atoms with Crippen LogP contribution in [-0.2, 0) is 0 Å². The number of hydrogen-bond donors (Lipinski definition) is 2. The topological polar surface area (TPSA) is 88.2 Å². The van der Waals surface area contributed by atoms with E-state index >= 15 is 0 Å². The molecular formula is C9H10N4. The number of nitrogens with two attached hydrogens (primary N) is 2. The van der Waals surface area contributed by atoms with Crippen molar-refractivity contribution in [3.63, 3.8) is 0 Å². The highest BCUT2D eigenvalue weighted by molar-refractivity contribution is 5.80. The molecule has 4 nitrogen and oxygen atoms in total. The zero-order valence-electron chi connectivity index (χ0n) is 7.28. The standard InChI is InChI=1S/C9H10N4/c1-6-3-2-4-8(7(6)5-10)13-9(11)12/h2-4H,1H3,(H4,11,12,13). The average Bonchev–Trinajstić information content (AvgIpc) is 2.03. The number of benzene rings is 1. The van der Waals surface area contributed by atoms with Crippen LogP contribution in [-0.4, -0.2) is 5.96 Å². The van der Waals surface area contributed by atoms with Crippen molar-refractivity contribution in [2.75, 3.05) is 0 Å². The molecule has 4 N–H and O–H groups in total. The van der Waals surface area contributed by atoms with Crippen LogP contribution in [0.25, 0.3) is 0 Å². The van der Waals surface area contributed by atoms with Gasteiger partial charge in [-0.15, -0.1) is 0 Å². The van der Waals surface area contributed by atoms with E-state index in [9.17, 15) is 0 Å². The molecule has 1 aromatic carbocycles. The van der Waals surface area contributed by atoms with Crippen molar-refractivity contribution in [1.29, 1.82) is 5.26 Å². The predicted molar refractivity (Wildman–Crippen MR) is 51.4 cm³/mol. The number of aliphatic imine (C=N–C) groups is 1. The van der Waals surface area contributed by atoms with Gasteiger partial charge >= 0.3 is 0 Å². The monoisotopic (exact) mass is 174 g/mol. The minimum atomic E-state index is -0.0397. The minimum absolute atomic E-state index is 0.0397. The van der Waals surface area contributed by atoms with Gasteiger partial charge < -0.3 is 11.5 Å². The molecule has 1 rings (SSSR count). The molecule has 0 radical (unpaired) electrons. The van der Waals surface area contributed by atoms with Crippen LogP contribution in [0.4, 0.5) is 5.69 Å². The summed E-state index contributed by atoms with van der Waals surface area (Å²) >= 11 is 0. The van der Waals surface area contributed by atoms with Gasteiger partial charge in [0.1, 0.15) is 6.07 Å². The van der Waals surface area contributed by atoms with Crippen LogP contribution in [0.15, 0.2) is 23.2 Å². The van der Waals surface area contributed by atoms with Gasteiger partial charge in [-0.3, -0.25) is 0 Å². The molecule has 0 unspecified atom stereocenters. The van der Waals surface area contributed by atoms with E-state index in [1.165, 1.54) is 0 Å². The van der Waals surface area contributed by atoms with Gasteiger partial charge in [-0.05, 0) is 18.6 Å². The second kappa shape index (κ2) is 3.59. The fraction of sp³-hybridized carbons (Fsp3) is 0.111. The third-order valence-electron chi connectivity index (χ3n) is 1.61. The van der Waals surface area contributed by atoms with E-state index in [1.807, 2.05) is 13.0 Å². The molecule has 66 valence electrons. The fourth-order valence-corrected chi connectivity index (χ4v) is 1.03. The molecule has 1 aromatic rings. The quantitative estimate of drug-likeness (QED) is 0.487. The Morgan fingerprint density at radius 1 is 1.46 bits per heavy atom. The fourth-order valence-electron chi connectivity index (χ4n) is 1.03. The molecule has 13 heavy (non-hydrogen) atoms. The van der Waals surface area contributed by atoms with Gasteiger partial charge in [0.25, 0.3) is 0 Å². The van der Waals surface area contributed by atoms with Crippen molar-refractivity contribution in [2.24, 2.45) is 16.5 Å². The van der Waals surface area contributed by atoms with Gasteiger partial charge in [0.2, 0.25) is 0 Å². The van der Waals surface area contributed by atoms with Crippen molar-refractivity contribution in [1.82, 2.24) is 0 Å². The van der Waals surface area contributed by atoms with Crippen molar-refractivity contribution in [2.45, 2.75) is 6.92 Å². The summed E-state index contributed by atoms with van der Waals surface area (Å²) in [4.78, 5) is 3.84. The molecule has 0 saturated carbocycles. The zero-order chi connectivity index (χ0) is 9.84. The van der Waals surface area contributed by atoms with E-state index in [0.717, 1.165) is 5.56 Å². The third-order valence-corrected chi connectivity index (χ3v) is 1.61. The Morgan fingerprint density at radius 2 is 2.15 bits per heavy atom. The Hall–Kier alpha value is -2.02. The normalized spacial score (nSPS) is 8.92. The molecule has 0 atom stereocenters. The summed E-state index contributed by atoms with van der Waals surface area (Å²) in [5, 5.41) is 8.81. The first-order chi connectivity index (χ1) is 6.15. The van der Waals surface area contributed by atoms with Crippen LogP contribution in [0.1, 0.15) is 11.1 Å². The van der Waals surface area contributed by atoms with E-state index in [0.29, 0.717) is 11.3 Å². The van der Waals surface area contributed by atoms with Crippen molar-refractivity contribution in [3.05, 3.63) is 29.3 Å². The lowest BCUT2D eigenvalue weighted by atomic mass is 10.1. The van der Waals surface area contributed by atoms with Gasteiger partial charge in [0.15, 0.2) is 5.96 Å². The van der Waals surface area contributed by atoms with Crippen LogP contribution in [0.2, 0.25) is 0 Å². The first-order valence-electron chi connectivity index (χ1n) is 3.74. The van der Waals surface area contributed by atoms with Crippen LogP contribution in [0, 0.1) is 18.3 Å². The molecule has 0 bridgehead atoms. The molecular weight excluding hydrogens is 164 g/mol. The van der Waals surface area contributed by atoms with Gasteiger partial charge in [-0.1, -0.05) is 12.1 Å². The molecule has 0 amide bonds. The van der Waals surface area contributed by atoms with E-state index in [4.69, 9.17) is 16.7 Å². The van der Waals surface area contributed by atoms with Gasteiger partial charge in [-0.2, -0.15) is 5.26 Å². The Balaban J connectivity index is 3.31. The average molecular weight is 174 g/mol. The minimum Gasteiger partial charge on any atom is -0.370 e. The number of rotatable bonds is 1. The highest BCUT2D eigenvalue weighted by atomic mass is 15.0. The first kappa shape index (κ1) is 9.07. The van der Waals surface area contributed by atoms with Crippen LogP contribution < -0.4 is 11.5 Å². The maximum Gasteiger partial charge on any atom is 0.191 e. The lowest BCUT2D eigenvalue weighted by Crippen LogP contribution is -2.22. The Bertz CT molecular complexity index is 383. The molecule has 0 fully saturated rings. The van der Waals surface area contributed by atoms with Gasteiger partial charge in [-0.25, -0.2) is 4.99 Å². The maximum atomic E-state index is 8.81. The molecule has 0 saturated heterocycles. The van der Waals surface area contributed by atoms with Crippen LogP contribution in [0.5, 0.6) is 0 Å². The predicted octanol–water partition coefficient (Wildman–Crippen LogP) is 0.772. The van der Waals surface area contributed by atoms with E-state index in [-0.39, 0.29) is 5.96 Å². The number of aryl methyl sites for hydroxylation is 1. The molecule has 0 spiro atoms. The molecule has 0 aliphatic heterocycles. The Morgan fingerprint density at radius 3 is 2.69 bits per heavy atom. The summed E-state index contributed by atoms with van der Waals surface area (Å²) < 4.78 is 0. The van der Waals surface area contributed by atoms with Gasteiger partial charge in [0, 0.05) is 0 Å². The highest BCUT2D eigenvalue weighted by Gasteiger charge is 2.02. The summed E-state index contributed by atoms with van der Waals surface area (Å²) in [5.74, 6) is -0.0397. The summed E-state index contributed by atoms with van der Waals surface area (Å²) in [6, 6.07) is 7.39. The lowest BCUT2D eigenvalue weighted by Gasteiger charge is -2.00. The molecule has 0 aliphatic rings. The van der Waals surface area contributed by atoms with Crippen LogP contribution in [0.3, 0.4) is 0 Å². The largest absolute Gasteiger partial charge is 0.370 e. The molecule has 0 aromatic heterocycles. The second-order valence-electron chi connectivity index (χ2n) is 2.62. The molecule has 0 aliphatic carbocycles. The summed E-state index contributed by atoms with van der Waals surface area (Å²) in [6.07, 6.45) is 0. The smallest absolute Gasteiger partial charge is 0.191 e. The lowest BCUT2D eigenvalue weighted by molar-refractivity contribution is 1.34. The zero-order valence-corrected chi connectivity index (χ0v) is 7.28. The first-order valence-corrected chi connectivity index (χ1v) is 3.74. The molecule has 0 heterocycles. The van der Waals surface area contributed by atoms with Crippen molar-refractivity contribution in [3.8, 4) is 6.07 Å². The van der Waals surface area contributed by atoms with E-state index < -0.39 is 0 Å². The number of nitrogens with zero attached hydrogens (tertiary/aromatic N) is 2. The summed E-state index contributed by atoms with van der Waals surface area (Å²) in [5.41, 5.74) is 12.3. The van der Waals surface area contributed by atoms with Gasteiger partial charge in [0.05, 0.1) is 11.3 Å². The summed E-state index contributed by atoms with van der Waals surface area (Å²) in [6.45, 7) is 1.84. The van der Waals surface area contributed by atoms with E-state index in [1.54, 1.807) is 12.1 Å². The molecule has 4 heteroatoms. The third kappa shape index (κ3) is 1.97. The van der Waals surface area contributed by atoms with Crippen molar-refractivity contribution < 1.29 is 0 Å². The highest BCUT2D eigenvalue weighted by Crippen LogP contribution is 2.20. The Kier molecular flexibility index (Phi) is 2.50. The van der Waals surface area contributed by atoms with E-state index in [2.05, 4.69) is 11.1 Å².